The van der Waals surface area contributed by atoms with Gasteiger partial charge in [0, 0.05) is 11.6 Å². The average Bonchev–Trinajstić information content (AvgIpc) is 3.45. The minimum absolute atomic E-state index is 0.220. The van der Waals surface area contributed by atoms with Crippen LogP contribution >= 0.6 is 34.5 Å². The van der Waals surface area contributed by atoms with E-state index in [1.54, 1.807) is 48.8 Å². The first-order valence-electron chi connectivity index (χ1n) is 11.6. The van der Waals surface area contributed by atoms with Crippen molar-refractivity contribution in [2.45, 2.75) is 26.8 Å². The highest BCUT2D eigenvalue weighted by atomic mass is 35.5. The number of furan rings is 1. The number of fused-ring (bicyclic) bond motifs is 1. The number of aryl methyl sites for hydroxylation is 1. The monoisotopic (exact) mass is 552 g/mol. The second kappa shape index (κ2) is 10.2. The first kappa shape index (κ1) is 25.3. The fourth-order valence-corrected chi connectivity index (χ4v) is 5.67. The van der Waals surface area contributed by atoms with Crippen molar-refractivity contribution in [3.8, 4) is 11.3 Å². The zero-order valence-electron chi connectivity index (χ0n) is 20.2. The molecule has 0 fully saturated rings. The Labute approximate surface area is 226 Å². The van der Waals surface area contributed by atoms with Crippen molar-refractivity contribution in [2.24, 2.45) is 4.99 Å². The molecule has 6 nitrogen and oxygen atoms in total. The number of carbonyl (C=O) groups is 1. The molecule has 0 saturated heterocycles. The number of rotatable bonds is 5. The largest absolute Gasteiger partial charge is 0.463 e. The van der Waals surface area contributed by atoms with Crippen molar-refractivity contribution >= 4 is 46.6 Å². The molecule has 5 rings (SSSR count). The molecule has 3 heterocycles. The number of aromatic nitrogens is 1. The fraction of sp³-hybridized carbons (Fsp3) is 0.179. The van der Waals surface area contributed by atoms with Gasteiger partial charge in [-0.2, -0.15) is 0 Å². The van der Waals surface area contributed by atoms with E-state index in [1.807, 2.05) is 37.3 Å². The number of thiazole rings is 1. The molecule has 2 aromatic heterocycles. The molecule has 1 atom stereocenters. The summed E-state index contributed by atoms with van der Waals surface area (Å²) in [7, 11) is 0. The van der Waals surface area contributed by atoms with Crippen LogP contribution in [-0.2, 0) is 9.53 Å². The van der Waals surface area contributed by atoms with Crippen molar-refractivity contribution in [1.82, 2.24) is 4.57 Å². The molecule has 188 valence electrons. The van der Waals surface area contributed by atoms with Crippen LogP contribution in [0.2, 0.25) is 10.0 Å². The van der Waals surface area contributed by atoms with Gasteiger partial charge in [0.2, 0.25) is 0 Å². The van der Waals surface area contributed by atoms with E-state index in [4.69, 9.17) is 32.4 Å². The minimum Gasteiger partial charge on any atom is -0.463 e. The van der Waals surface area contributed by atoms with Crippen molar-refractivity contribution in [2.75, 3.05) is 6.61 Å². The van der Waals surface area contributed by atoms with Crippen LogP contribution < -0.4 is 14.9 Å². The van der Waals surface area contributed by atoms with E-state index in [9.17, 15) is 9.59 Å². The molecule has 9 heteroatoms. The quantitative estimate of drug-likeness (QED) is 0.299. The van der Waals surface area contributed by atoms with Gasteiger partial charge in [-0.3, -0.25) is 9.36 Å². The van der Waals surface area contributed by atoms with Gasteiger partial charge in [0.05, 0.1) is 38.5 Å². The molecule has 0 amide bonds. The Kier molecular flexibility index (Phi) is 6.94. The molecule has 0 radical (unpaired) electrons. The molecule has 0 aliphatic carbocycles. The lowest BCUT2D eigenvalue weighted by Gasteiger charge is -2.24. The lowest BCUT2D eigenvalue weighted by Crippen LogP contribution is -2.39. The summed E-state index contributed by atoms with van der Waals surface area (Å²) in [5.74, 6) is 0.520. The van der Waals surface area contributed by atoms with Crippen LogP contribution in [0, 0.1) is 6.92 Å². The molecule has 37 heavy (non-hydrogen) atoms. The highest BCUT2D eigenvalue weighted by Crippen LogP contribution is 2.34. The first-order chi connectivity index (χ1) is 17.8. The van der Waals surface area contributed by atoms with Gasteiger partial charge in [0.25, 0.3) is 5.56 Å². The number of hydrogen-bond donors (Lipinski definition) is 0. The summed E-state index contributed by atoms with van der Waals surface area (Å²) in [6.07, 6.45) is 1.67. The van der Waals surface area contributed by atoms with Crippen molar-refractivity contribution < 1.29 is 13.9 Å². The molecule has 0 spiro atoms. The van der Waals surface area contributed by atoms with Crippen LogP contribution in [0.3, 0.4) is 0 Å². The number of allylic oxidation sites excluding steroid dienone is 1. The molecule has 0 unspecified atom stereocenters. The Morgan fingerprint density at radius 2 is 1.89 bits per heavy atom. The first-order valence-corrected chi connectivity index (χ1v) is 13.2. The van der Waals surface area contributed by atoms with E-state index in [0.29, 0.717) is 47.7 Å². The highest BCUT2D eigenvalue weighted by Gasteiger charge is 2.33. The Morgan fingerprint density at radius 1 is 1.14 bits per heavy atom. The number of halogens is 2. The van der Waals surface area contributed by atoms with E-state index in [2.05, 4.69) is 4.99 Å². The zero-order valence-corrected chi connectivity index (χ0v) is 22.6. The summed E-state index contributed by atoms with van der Waals surface area (Å²) in [6.45, 7) is 5.71. The minimum atomic E-state index is -0.657. The summed E-state index contributed by atoms with van der Waals surface area (Å²) < 4.78 is 13.3. The maximum atomic E-state index is 13.7. The summed E-state index contributed by atoms with van der Waals surface area (Å²) in [5.41, 5.74) is 3.12. The summed E-state index contributed by atoms with van der Waals surface area (Å²) >= 11 is 13.7. The van der Waals surface area contributed by atoms with E-state index in [1.165, 1.54) is 11.3 Å². The van der Waals surface area contributed by atoms with Gasteiger partial charge in [-0.05, 0) is 50.6 Å². The molecule has 4 aromatic rings. The average molecular weight is 553 g/mol. The maximum Gasteiger partial charge on any atom is 0.338 e. The third-order valence-electron chi connectivity index (χ3n) is 6.03. The number of benzene rings is 2. The van der Waals surface area contributed by atoms with Gasteiger partial charge in [0.1, 0.15) is 11.5 Å². The van der Waals surface area contributed by atoms with Gasteiger partial charge < -0.3 is 9.15 Å². The molecule has 1 aliphatic rings. The van der Waals surface area contributed by atoms with Crippen LogP contribution in [0.1, 0.15) is 36.8 Å². The van der Waals surface area contributed by atoms with E-state index < -0.39 is 12.0 Å². The normalized spacial score (nSPS) is 15.5. The summed E-state index contributed by atoms with van der Waals surface area (Å²) in [4.78, 5) is 31.8. The fourth-order valence-electron chi connectivity index (χ4n) is 4.25. The SMILES string of the molecule is CCOC(=O)C1=C(C)N=c2s/c(=C\c3ccc(-c4cccc(Cl)c4Cl)o3)c(=O)n2[C@H]1c1ccc(C)cc1. The number of ether oxygens (including phenoxy) is 1. The number of carbonyl (C=O) groups excluding carboxylic acids is 1. The van der Waals surface area contributed by atoms with Crippen LogP contribution in [0.4, 0.5) is 0 Å². The zero-order chi connectivity index (χ0) is 26.3. The molecule has 2 aromatic carbocycles. The smallest absolute Gasteiger partial charge is 0.338 e. The van der Waals surface area contributed by atoms with Crippen LogP contribution in [0.5, 0.6) is 0 Å². The molecule has 0 N–H and O–H groups in total. The predicted octanol–water partition coefficient (Wildman–Crippen LogP) is 5.67. The van der Waals surface area contributed by atoms with Gasteiger partial charge in [-0.25, -0.2) is 9.79 Å². The van der Waals surface area contributed by atoms with E-state index >= 15 is 0 Å². The Bertz CT molecular complexity index is 1730. The highest BCUT2D eigenvalue weighted by molar-refractivity contribution is 7.07. The maximum absolute atomic E-state index is 13.7. The van der Waals surface area contributed by atoms with Crippen LogP contribution in [0.15, 0.2) is 80.1 Å². The Morgan fingerprint density at radius 3 is 2.62 bits per heavy atom. The van der Waals surface area contributed by atoms with E-state index in [0.717, 1.165) is 11.1 Å². The molecule has 0 saturated carbocycles. The second-order valence-electron chi connectivity index (χ2n) is 8.52. The van der Waals surface area contributed by atoms with Gasteiger partial charge in [-0.15, -0.1) is 0 Å². The Hall–Kier alpha value is -3.39. The lowest BCUT2D eigenvalue weighted by atomic mass is 9.95. The van der Waals surface area contributed by atoms with Gasteiger partial charge in [-0.1, -0.05) is 70.4 Å². The van der Waals surface area contributed by atoms with Gasteiger partial charge in [0.15, 0.2) is 4.80 Å². The third kappa shape index (κ3) is 4.70. The summed E-state index contributed by atoms with van der Waals surface area (Å²) in [6, 6.07) is 15.9. The Balaban J connectivity index is 1.64. The van der Waals surface area contributed by atoms with Crippen LogP contribution in [-0.4, -0.2) is 17.1 Å². The molecule has 1 aliphatic heterocycles. The standard InChI is InChI=1S/C28H22Cl2N2O4S/c1-4-35-27(34)23-16(3)31-28-32(25(23)17-10-8-15(2)9-11-17)26(33)22(37-28)14-18-12-13-21(36-18)19-6-5-7-20(29)24(19)30/h5-14,25H,4H2,1-3H3/b22-14-/t25-/m0/s1. The van der Waals surface area contributed by atoms with Crippen molar-refractivity contribution in [3.63, 3.8) is 0 Å². The number of esters is 1. The predicted molar refractivity (Wildman–Crippen MR) is 146 cm³/mol. The van der Waals surface area contributed by atoms with Crippen molar-refractivity contribution in [1.29, 1.82) is 0 Å². The van der Waals surface area contributed by atoms with E-state index in [-0.39, 0.29) is 12.2 Å². The number of hydrogen-bond acceptors (Lipinski definition) is 6. The summed E-state index contributed by atoms with van der Waals surface area (Å²) in [5, 5.41) is 0.818. The van der Waals surface area contributed by atoms with Gasteiger partial charge >= 0.3 is 5.97 Å². The topological polar surface area (TPSA) is 73.8 Å². The second-order valence-corrected chi connectivity index (χ2v) is 10.3. The van der Waals surface area contributed by atoms with Crippen molar-refractivity contribution in [3.05, 3.63) is 112 Å². The lowest BCUT2D eigenvalue weighted by molar-refractivity contribution is -0.139. The molecular formula is C28H22Cl2N2O4S. The van der Waals surface area contributed by atoms with Crippen LogP contribution in [0.25, 0.3) is 17.4 Å². The molecular weight excluding hydrogens is 531 g/mol. The third-order valence-corrected chi connectivity index (χ3v) is 7.83. The molecule has 0 bridgehead atoms. The number of nitrogens with zero attached hydrogens (tertiary/aromatic N) is 2.